The lowest BCUT2D eigenvalue weighted by atomic mass is 10.2. The molecule has 0 amide bonds. The summed E-state index contributed by atoms with van der Waals surface area (Å²) in [6.45, 7) is 4.81. The normalized spacial score (nSPS) is 16.1. The van der Waals surface area contributed by atoms with E-state index in [-0.39, 0.29) is 0 Å². The van der Waals surface area contributed by atoms with Gasteiger partial charge < -0.3 is 4.57 Å². The molecule has 10 nitrogen and oxygen atoms in total. The highest BCUT2D eigenvalue weighted by Gasteiger charge is 2.26. The third-order valence-corrected chi connectivity index (χ3v) is 7.69. The molecule has 2 aromatic heterocycles. The molecule has 182 valence electrons. The summed E-state index contributed by atoms with van der Waals surface area (Å²) in [7, 11) is -1.74. The van der Waals surface area contributed by atoms with Gasteiger partial charge in [0.25, 0.3) is 5.56 Å². The van der Waals surface area contributed by atoms with E-state index in [2.05, 4.69) is 14.9 Å². The van der Waals surface area contributed by atoms with Crippen molar-refractivity contribution in [3.63, 3.8) is 0 Å². The van der Waals surface area contributed by atoms with Gasteiger partial charge in [0.15, 0.2) is 11.2 Å². The Balaban J connectivity index is 1.47. The third kappa shape index (κ3) is 5.06. The van der Waals surface area contributed by atoms with Crippen LogP contribution < -0.4 is 11.2 Å². The first-order chi connectivity index (χ1) is 16.3. The van der Waals surface area contributed by atoms with Crippen LogP contribution in [0.2, 0.25) is 0 Å². The highest BCUT2D eigenvalue weighted by molar-refractivity contribution is 7.92. The van der Waals surface area contributed by atoms with Crippen molar-refractivity contribution in [3.05, 3.63) is 68.0 Å². The Morgan fingerprint density at radius 2 is 1.79 bits per heavy atom. The number of fused-ring (bicyclic) bond motifs is 1. The molecule has 1 aliphatic rings. The summed E-state index contributed by atoms with van der Waals surface area (Å²) in [5.74, 6) is 0.664. The van der Waals surface area contributed by atoms with Gasteiger partial charge >= 0.3 is 5.69 Å². The summed E-state index contributed by atoms with van der Waals surface area (Å²) in [4.78, 5) is 33.9. The first-order valence-corrected chi connectivity index (χ1v) is 12.9. The van der Waals surface area contributed by atoms with Crippen molar-refractivity contribution < 1.29 is 8.42 Å². The number of nitrogens with one attached hydrogen (secondary N) is 1. The molecule has 3 heterocycles. The zero-order valence-corrected chi connectivity index (χ0v) is 20.3. The van der Waals surface area contributed by atoms with E-state index >= 15 is 0 Å². The predicted octanol–water partition coefficient (Wildman–Crippen LogP) is 1.34. The van der Waals surface area contributed by atoms with Crippen molar-refractivity contribution >= 4 is 27.3 Å². The molecule has 11 heteroatoms. The van der Waals surface area contributed by atoms with Crippen LogP contribution in [0, 0.1) is 0 Å². The van der Waals surface area contributed by atoms with Gasteiger partial charge in [-0.1, -0.05) is 43.7 Å². The molecular weight excluding hydrogens is 456 g/mol. The summed E-state index contributed by atoms with van der Waals surface area (Å²) < 4.78 is 30.2. The Kier molecular flexibility index (Phi) is 7.15. The van der Waals surface area contributed by atoms with Crippen molar-refractivity contribution in [1.29, 1.82) is 0 Å². The molecule has 34 heavy (non-hydrogen) atoms. The predicted molar refractivity (Wildman–Crippen MR) is 132 cm³/mol. The number of H-pyrrole nitrogens is 1. The number of nitrogens with zero attached hydrogens (tertiary/aromatic N) is 5. The van der Waals surface area contributed by atoms with E-state index in [0.717, 1.165) is 18.4 Å². The highest BCUT2D eigenvalue weighted by Crippen LogP contribution is 2.16. The van der Waals surface area contributed by atoms with E-state index in [9.17, 15) is 18.0 Å². The fraction of sp³-hybridized carbons (Fsp3) is 0.435. The van der Waals surface area contributed by atoms with E-state index in [0.29, 0.717) is 56.3 Å². The van der Waals surface area contributed by atoms with Gasteiger partial charge in [-0.05, 0) is 18.1 Å². The number of aromatic amines is 1. The molecule has 0 aliphatic carbocycles. The Morgan fingerprint density at radius 1 is 1.09 bits per heavy atom. The molecule has 0 spiro atoms. The van der Waals surface area contributed by atoms with Crippen LogP contribution in [-0.2, 0) is 30.2 Å². The van der Waals surface area contributed by atoms with Gasteiger partial charge in [0.1, 0.15) is 5.82 Å². The van der Waals surface area contributed by atoms with E-state index in [1.807, 2.05) is 37.3 Å². The van der Waals surface area contributed by atoms with Crippen LogP contribution in [0.5, 0.6) is 0 Å². The molecule has 1 fully saturated rings. The topological polar surface area (TPSA) is 113 Å². The van der Waals surface area contributed by atoms with Crippen LogP contribution in [0.25, 0.3) is 17.2 Å². The van der Waals surface area contributed by atoms with Crippen LogP contribution in [0.15, 0.2) is 45.3 Å². The van der Waals surface area contributed by atoms with Crippen LogP contribution >= 0.6 is 0 Å². The molecule has 1 N–H and O–H groups in total. The first kappa shape index (κ1) is 24.1. The molecule has 0 bridgehead atoms. The van der Waals surface area contributed by atoms with Crippen molar-refractivity contribution in [1.82, 2.24) is 28.3 Å². The minimum Gasteiger partial charge on any atom is -0.324 e. The number of aryl methyl sites for hydroxylation is 2. The minimum absolute atomic E-state index is 0.368. The van der Waals surface area contributed by atoms with Gasteiger partial charge in [0, 0.05) is 45.2 Å². The summed E-state index contributed by atoms with van der Waals surface area (Å²) in [5, 5.41) is 1.26. The summed E-state index contributed by atoms with van der Waals surface area (Å²) in [6, 6.07) is 9.32. The van der Waals surface area contributed by atoms with Crippen molar-refractivity contribution in [2.45, 2.75) is 32.9 Å². The largest absolute Gasteiger partial charge is 0.330 e. The smallest absolute Gasteiger partial charge is 0.324 e. The lowest BCUT2D eigenvalue weighted by Crippen LogP contribution is -2.47. The molecule has 1 aliphatic heterocycles. The maximum absolute atomic E-state index is 12.7. The third-order valence-electron chi connectivity index (χ3n) is 6.13. The number of sulfonamides is 1. The van der Waals surface area contributed by atoms with Crippen LogP contribution in [0.1, 0.15) is 31.2 Å². The quantitative estimate of drug-likeness (QED) is 0.514. The first-order valence-electron chi connectivity index (χ1n) is 11.4. The summed E-state index contributed by atoms with van der Waals surface area (Å²) in [6.07, 6.45) is 3.33. The molecule has 0 unspecified atom stereocenters. The highest BCUT2D eigenvalue weighted by atomic mass is 32.2. The van der Waals surface area contributed by atoms with Gasteiger partial charge in [0.2, 0.25) is 10.0 Å². The summed E-state index contributed by atoms with van der Waals surface area (Å²) in [5.41, 5.74) is 0.706. The Bertz CT molecular complexity index is 1400. The molecule has 1 saturated heterocycles. The van der Waals surface area contributed by atoms with E-state index in [4.69, 9.17) is 0 Å². The zero-order chi connectivity index (χ0) is 24.3. The van der Waals surface area contributed by atoms with Crippen molar-refractivity contribution in [2.75, 3.05) is 26.2 Å². The van der Waals surface area contributed by atoms with Gasteiger partial charge in [-0.15, -0.1) is 0 Å². The van der Waals surface area contributed by atoms with Gasteiger partial charge in [-0.2, -0.15) is 4.31 Å². The maximum atomic E-state index is 12.7. The summed E-state index contributed by atoms with van der Waals surface area (Å²) >= 11 is 0. The number of hydrogen-bond acceptors (Lipinski definition) is 6. The monoisotopic (exact) mass is 486 g/mol. The number of piperazine rings is 1. The number of hydrogen-bond donors (Lipinski definition) is 1. The molecular formula is C23H30N6O4S. The van der Waals surface area contributed by atoms with E-state index in [1.165, 1.54) is 14.3 Å². The molecule has 1 aromatic carbocycles. The Labute approximate surface area is 198 Å². The average Bonchev–Trinajstić information content (AvgIpc) is 3.15. The van der Waals surface area contributed by atoms with Gasteiger partial charge in [-0.3, -0.25) is 19.2 Å². The Morgan fingerprint density at radius 3 is 2.47 bits per heavy atom. The Hall–Kier alpha value is -3.02. The molecule has 0 radical (unpaired) electrons. The number of benzene rings is 1. The number of imidazole rings is 1. The second kappa shape index (κ2) is 10.1. The van der Waals surface area contributed by atoms with Crippen molar-refractivity contribution in [2.24, 2.45) is 7.05 Å². The fourth-order valence-corrected chi connectivity index (χ4v) is 5.29. The van der Waals surface area contributed by atoms with Crippen LogP contribution in [-0.4, -0.2) is 62.9 Å². The maximum Gasteiger partial charge on any atom is 0.330 e. The average molecular weight is 487 g/mol. The molecule has 4 rings (SSSR count). The number of aromatic nitrogens is 4. The lowest BCUT2D eigenvalue weighted by Gasteiger charge is -2.33. The number of rotatable bonds is 8. The second-order valence-corrected chi connectivity index (χ2v) is 10.3. The fourth-order valence-electron chi connectivity index (χ4n) is 4.11. The lowest BCUT2D eigenvalue weighted by molar-refractivity contribution is 0.178. The van der Waals surface area contributed by atoms with Gasteiger partial charge in [0.05, 0.1) is 6.54 Å². The van der Waals surface area contributed by atoms with Crippen molar-refractivity contribution in [3.8, 4) is 0 Å². The molecule has 3 aromatic rings. The van der Waals surface area contributed by atoms with Crippen LogP contribution in [0.4, 0.5) is 0 Å². The van der Waals surface area contributed by atoms with Gasteiger partial charge in [-0.25, -0.2) is 18.2 Å². The van der Waals surface area contributed by atoms with E-state index in [1.54, 1.807) is 17.7 Å². The second-order valence-electron chi connectivity index (χ2n) is 8.46. The standard InChI is InChI=1S/C23H30N6O4S/c1-3-4-11-29-21-20(22(30)25-23(29)31)26(2)19(24-21)17-27-12-14-28(15-13-27)34(32,33)16-10-18-8-6-5-7-9-18/h5-10,16H,3-4,11-15,17H2,1-2H3,(H,25,30,31)/b16-10+. The minimum atomic E-state index is -3.51. The SMILES string of the molecule is CCCCn1c(=O)[nH]c(=O)c2c1nc(CN1CCN(S(=O)(=O)/C=C/c3ccccc3)CC1)n2C. The zero-order valence-electron chi connectivity index (χ0n) is 19.5. The van der Waals surface area contributed by atoms with E-state index < -0.39 is 21.3 Å². The molecule has 0 atom stereocenters. The number of unbranched alkanes of at least 4 members (excludes halogenated alkanes) is 1. The van der Waals surface area contributed by atoms with Crippen LogP contribution in [0.3, 0.4) is 0 Å². The molecule has 0 saturated carbocycles.